The monoisotopic (exact) mass is 444 g/mol. The highest BCUT2D eigenvalue weighted by molar-refractivity contribution is 5.66. The van der Waals surface area contributed by atoms with Crippen molar-refractivity contribution >= 4 is 5.97 Å². The first-order valence-electron chi connectivity index (χ1n) is 12.2. The molecule has 1 heterocycles. The fourth-order valence-electron chi connectivity index (χ4n) is 8.67. The van der Waals surface area contributed by atoms with Crippen LogP contribution in [0.2, 0.25) is 0 Å². The topological polar surface area (TPSA) is 97.0 Å². The Hall–Kier alpha value is -1.66. The van der Waals surface area contributed by atoms with Crippen molar-refractivity contribution in [3.05, 3.63) is 34.4 Å². The zero-order valence-electron chi connectivity index (χ0n) is 19.4. The molecule has 1 aromatic heterocycles. The van der Waals surface area contributed by atoms with Crippen molar-refractivity contribution in [2.75, 3.05) is 0 Å². The number of carbonyl (C=O) groups is 1. The number of rotatable bonds is 2. The van der Waals surface area contributed by atoms with Crippen LogP contribution in [0.1, 0.15) is 83.6 Å². The van der Waals surface area contributed by atoms with E-state index in [9.17, 15) is 19.8 Å². The van der Waals surface area contributed by atoms with Gasteiger partial charge in [-0.3, -0.25) is 4.79 Å². The van der Waals surface area contributed by atoms with E-state index in [1.807, 2.05) is 0 Å². The van der Waals surface area contributed by atoms with Crippen LogP contribution < -0.4 is 5.63 Å². The minimum Gasteiger partial charge on any atom is -0.462 e. The van der Waals surface area contributed by atoms with Gasteiger partial charge in [0.15, 0.2) is 0 Å². The highest BCUT2D eigenvalue weighted by Crippen LogP contribution is 2.70. The first kappa shape index (κ1) is 22.1. The van der Waals surface area contributed by atoms with Crippen molar-refractivity contribution < 1.29 is 24.2 Å². The molecule has 4 aliphatic rings. The molecule has 0 bridgehead atoms. The van der Waals surface area contributed by atoms with Gasteiger partial charge in [0.1, 0.15) is 6.10 Å². The Balaban J connectivity index is 1.55. The maximum Gasteiger partial charge on any atom is 0.335 e. The molecule has 1 aromatic rings. The lowest BCUT2D eigenvalue weighted by atomic mass is 9.43. The molecule has 6 heteroatoms. The van der Waals surface area contributed by atoms with Gasteiger partial charge in [0.2, 0.25) is 0 Å². The summed E-state index contributed by atoms with van der Waals surface area (Å²) in [6.07, 6.45) is 7.78. The lowest BCUT2D eigenvalue weighted by Gasteiger charge is -2.63. The van der Waals surface area contributed by atoms with Crippen LogP contribution >= 0.6 is 0 Å². The smallest absolute Gasteiger partial charge is 0.335 e. The Kier molecular flexibility index (Phi) is 5.14. The molecule has 176 valence electrons. The second kappa shape index (κ2) is 7.42. The highest BCUT2D eigenvalue weighted by Gasteiger charge is 2.70. The molecule has 4 aliphatic carbocycles. The number of aliphatic hydroxyl groups is 2. The Bertz CT molecular complexity index is 935. The SMILES string of the molecule is CC(=O)O[C@H]1C[C@]2(O)[C@@H]3CC[C@@H]4C[C@H](O)CC[C@]4(C)[C@H]3CC[C@]2(C)[C@H]1c1ccc(=O)oc1. The van der Waals surface area contributed by atoms with Crippen molar-refractivity contribution in [1.29, 1.82) is 0 Å². The van der Waals surface area contributed by atoms with E-state index < -0.39 is 22.7 Å². The van der Waals surface area contributed by atoms with Crippen LogP contribution in [0, 0.1) is 28.6 Å². The van der Waals surface area contributed by atoms with Gasteiger partial charge >= 0.3 is 11.6 Å². The van der Waals surface area contributed by atoms with Gasteiger partial charge in [0, 0.05) is 30.7 Å². The van der Waals surface area contributed by atoms with E-state index in [0.717, 1.165) is 50.5 Å². The molecule has 2 N–H and O–H groups in total. The molecule has 0 unspecified atom stereocenters. The molecule has 4 fully saturated rings. The summed E-state index contributed by atoms with van der Waals surface area (Å²) in [4.78, 5) is 23.6. The fourth-order valence-corrected chi connectivity index (χ4v) is 8.67. The third-order valence-corrected chi connectivity index (χ3v) is 10.2. The lowest BCUT2D eigenvalue weighted by Crippen LogP contribution is -2.62. The quantitative estimate of drug-likeness (QED) is 0.674. The Morgan fingerprint density at radius 1 is 1.12 bits per heavy atom. The van der Waals surface area contributed by atoms with E-state index in [1.54, 1.807) is 6.07 Å². The number of aliphatic hydroxyl groups excluding tert-OH is 1. The van der Waals surface area contributed by atoms with Crippen molar-refractivity contribution in [3.8, 4) is 0 Å². The summed E-state index contributed by atoms with van der Waals surface area (Å²) in [7, 11) is 0. The molecular weight excluding hydrogens is 408 g/mol. The van der Waals surface area contributed by atoms with Gasteiger partial charge in [-0.05, 0) is 79.7 Å². The number of hydrogen-bond donors (Lipinski definition) is 2. The minimum atomic E-state index is -0.957. The molecule has 32 heavy (non-hydrogen) atoms. The molecular formula is C26H36O6. The van der Waals surface area contributed by atoms with Crippen LogP contribution in [-0.2, 0) is 9.53 Å². The van der Waals surface area contributed by atoms with Gasteiger partial charge in [0.05, 0.1) is 18.0 Å². The van der Waals surface area contributed by atoms with Crippen LogP contribution in [0.25, 0.3) is 0 Å². The molecule has 0 radical (unpaired) electrons. The lowest BCUT2D eigenvalue weighted by molar-refractivity contribution is -0.205. The van der Waals surface area contributed by atoms with Crippen LogP contribution in [0.15, 0.2) is 27.6 Å². The van der Waals surface area contributed by atoms with Gasteiger partial charge in [0.25, 0.3) is 0 Å². The molecule has 9 atom stereocenters. The average Bonchev–Trinajstić information content (AvgIpc) is 2.95. The minimum absolute atomic E-state index is 0.133. The van der Waals surface area contributed by atoms with Crippen molar-refractivity contribution in [3.63, 3.8) is 0 Å². The van der Waals surface area contributed by atoms with Gasteiger partial charge in [-0.2, -0.15) is 0 Å². The third-order valence-electron chi connectivity index (χ3n) is 10.2. The maximum absolute atomic E-state index is 12.5. The van der Waals surface area contributed by atoms with E-state index in [0.29, 0.717) is 18.3 Å². The zero-order valence-corrected chi connectivity index (χ0v) is 19.4. The van der Waals surface area contributed by atoms with Crippen molar-refractivity contribution in [1.82, 2.24) is 0 Å². The second-order valence-corrected chi connectivity index (χ2v) is 11.5. The number of carbonyl (C=O) groups excluding carboxylic acids is 1. The summed E-state index contributed by atoms with van der Waals surface area (Å²) in [5, 5.41) is 22.7. The number of fused-ring (bicyclic) bond motifs is 5. The van der Waals surface area contributed by atoms with E-state index >= 15 is 0 Å². The van der Waals surface area contributed by atoms with Gasteiger partial charge in [-0.25, -0.2) is 4.79 Å². The first-order valence-corrected chi connectivity index (χ1v) is 12.2. The fraction of sp³-hybridized carbons (Fsp3) is 0.769. The summed E-state index contributed by atoms with van der Waals surface area (Å²) >= 11 is 0. The van der Waals surface area contributed by atoms with Crippen LogP contribution in [0.3, 0.4) is 0 Å². The number of esters is 1. The molecule has 0 aromatic carbocycles. The van der Waals surface area contributed by atoms with E-state index in [4.69, 9.17) is 9.15 Å². The van der Waals surface area contributed by atoms with E-state index in [2.05, 4.69) is 13.8 Å². The van der Waals surface area contributed by atoms with Crippen LogP contribution in [-0.4, -0.2) is 34.0 Å². The molecule has 5 rings (SSSR count). The van der Waals surface area contributed by atoms with E-state index in [-0.39, 0.29) is 29.3 Å². The molecule has 6 nitrogen and oxygen atoms in total. The summed E-state index contributed by atoms with van der Waals surface area (Å²) in [5.41, 5.74) is -0.903. The highest BCUT2D eigenvalue weighted by atomic mass is 16.5. The van der Waals surface area contributed by atoms with Gasteiger partial charge in [-0.15, -0.1) is 0 Å². The molecule has 0 spiro atoms. The predicted octanol–water partition coefficient (Wildman–Crippen LogP) is 3.78. The maximum atomic E-state index is 12.5. The van der Waals surface area contributed by atoms with Gasteiger partial charge < -0.3 is 19.4 Å². The molecule has 0 saturated heterocycles. The van der Waals surface area contributed by atoms with Crippen molar-refractivity contribution in [2.45, 2.75) is 95.9 Å². The Labute approximate surface area is 189 Å². The Morgan fingerprint density at radius 3 is 2.59 bits per heavy atom. The number of ether oxygens (including phenoxy) is 1. The van der Waals surface area contributed by atoms with Crippen molar-refractivity contribution in [2.24, 2.45) is 28.6 Å². The first-order chi connectivity index (χ1) is 15.1. The normalized spacial score (nSPS) is 47.8. The summed E-state index contributed by atoms with van der Waals surface area (Å²) < 4.78 is 11.0. The zero-order chi connectivity index (χ0) is 22.9. The standard InChI is InChI=1S/C26H36O6/c1-15(27)32-21-13-26(30)20-6-5-17-12-18(28)8-10-24(17,2)19(20)9-11-25(26,3)23(21)16-4-7-22(29)31-14-16/h4,7,14,17-21,23,28,30H,5-6,8-13H2,1-3H3/t17-,18-,19+,20-,21+,23+,24+,25-,26+/m1/s1. The molecule has 0 amide bonds. The summed E-state index contributed by atoms with van der Waals surface area (Å²) in [6, 6.07) is 3.17. The second-order valence-electron chi connectivity index (χ2n) is 11.5. The largest absolute Gasteiger partial charge is 0.462 e. The molecule has 0 aliphatic heterocycles. The predicted molar refractivity (Wildman–Crippen MR) is 118 cm³/mol. The Morgan fingerprint density at radius 2 is 1.91 bits per heavy atom. The third kappa shape index (κ3) is 3.05. The number of hydrogen-bond acceptors (Lipinski definition) is 6. The average molecular weight is 445 g/mol. The summed E-state index contributed by atoms with van der Waals surface area (Å²) in [5.74, 6) is 0.469. The van der Waals surface area contributed by atoms with Crippen LogP contribution in [0.4, 0.5) is 0 Å². The van der Waals surface area contributed by atoms with Crippen LogP contribution in [0.5, 0.6) is 0 Å². The molecule has 4 saturated carbocycles. The summed E-state index contributed by atoms with van der Waals surface area (Å²) in [6.45, 7) is 5.94. The van der Waals surface area contributed by atoms with Gasteiger partial charge in [-0.1, -0.05) is 13.8 Å². The van der Waals surface area contributed by atoms with E-state index in [1.165, 1.54) is 19.3 Å².